The van der Waals surface area contributed by atoms with Gasteiger partial charge in [-0.05, 0) is 141 Å². The van der Waals surface area contributed by atoms with Crippen LogP contribution in [-0.2, 0) is 9.47 Å². The van der Waals surface area contributed by atoms with E-state index in [2.05, 4.69) is 33.0 Å². The maximum Gasteiger partial charge on any atom is 0.412 e. The molecule has 2 heterocycles. The number of hydrogen-bond acceptors (Lipinski definition) is 5. The predicted molar refractivity (Wildman–Crippen MR) is 179 cm³/mol. The van der Waals surface area contributed by atoms with E-state index in [0.29, 0.717) is 34.5 Å². The number of carbonyl (C=O) groups is 1. The Bertz CT molecular complexity index is 1190. The predicted octanol–water partition coefficient (Wildman–Crippen LogP) is 9.57. The molecule has 1 unspecified atom stereocenters. The van der Waals surface area contributed by atoms with Crippen LogP contribution in [0.1, 0.15) is 109 Å². The largest absolute Gasteiger partial charge is 0.412 e. The molecule has 0 aromatic heterocycles. The third-order valence-electron chi connectivity index (χ3n) is 13.9. The molecule has 11 atom stereocenters. The summed E-state index contributed by atoms with van der Waals surface area (Å²) in [4.78, 5) is 12.3. The van der Waals surface area contributed by atoms with Gasteiger partial charge in [0.2, 0.25) is 0 Å². The second kappa shape index (κ2) is 12.4. The molecule has 44 heavy (non-hydrogen) atoms. The zero-order chi connectivity index (χ0) is 31.4. The van der Waals surface area contributed by atoms with E-state index in [4.69, 9.17) is 14.2 Å². The molecular formula is C38H59NO4S. The van der Waals surface area contributed by atoms with Crippen LogP contribution in [0.3, 0.4) is 0 Å². The monoisotopic (exact) mass is 625 g/mol. The molecule has 6 aliphatic rings. The number of fused-ring (bicyclic) bond motifs is 7. The van der Waals surface area contributed by atoms with Gasteiger partial charge in [0, 0.05) is 24.3 Å². The van der Waals surface area contributed by atoms with Crippen molar-refractivity contribution in [1.82, 2.24) is 5.32 Å². The third kappa shape index (κ3) is 5.45. The van der Waals surface area contributed by atoms with Crippen molar-refractivity contribution >= 4 is 17.9 Å². The average Bonchev–Trinajstić information content (AvgIpc) is 3.44. The van der Waals surface area contributed by atoms with Gasteiger partial charge < -0.3 is 19.5 Å². The van der Waals surface area contributed by atoms with Crippen LogP contribution in [0.4, 0.5) is 4.79 Å². The van der Waals surface area contributed by atoms with Gasteiger partial charge in [-0.1, -0.05) is 40.5 Å². The van der Waals surface area contributed by atoms with E-state index in [1.165, 1.54) is 76.2 Å². The van der Waals surface area contributed by atoms with Crippen molar-refractivity contribution in [3.8, 4) is 5.75 Å². The molecule has 0 radical (unpaired) electrons. The van der Waals surface area contributed by atoms with Crippen LogP contribution in [0.25, 0.3) is 0 Å². The Morgan fingerprint density at radius 1 is 0.955 bits per heavy atom. The summed E-state index contributed by atoms with van der Waals surface area (Å²) < 4.78 is 18.5. The van der Waals surface area contributed by atoms with E-state index < -0.39 is 6.09 Å². The number of thioether (sulfide) groups is 1. The Morgan fingerprint density at radius 3 is 2.36 bits per heavy atom. The first-order valence-corrected chi connectivity index (χ1v) is 19.0. The summed E-state index contributed by atoms with van der Waals surface area (Å²) in [5.41, 5.74) is 3.39. The molecule has 246 valence electrons. The molecule has 0 bridgehead atoms. The molecule has 6 heteroatoms. The Kier molecular flexibility index (Phi) is 9.22. The molecule has 1 spiro atoms. The van der Waals surface area contributed by atoms with Gasteiger partial charge in [-0.25, -0.2) is 4.79 Å². The van der Waals surface area contributed by atoms with Crippen LogP contribution in [0.2, 0.25) is 0 Å². The van der Waals surface area contributed by atoms with Gasteiger partial charge >= 0.3 is 6.09 Å². The molecular weight excluding hydrogens is 566 g/mol. The van der Waals surface area contributed by atoms with Gasteiger partial charge in [-0.3, -0.25) is 0 Å². The van der Waals surface area contributed by atoms with E-state index in [1.54, 1.807) is 11.8 Å². The minimum Gasteiger partial charge on any atom is -0.410 e. The van der Waals surface area contributed by atoms with Crippen LogP contribution in [0.15, 0.2) is 17.0 Å². The van der Waals surface area contributed by atoms with Crippen LogP contribution in [0.5, 0.6) is 5.75 Å². The minimum atomic E-state index is -0.439. The average molecular weight is 626 g/mol. The van der Waals surface area contributed by atoms with E-state index >= 15 is 0 Å². The molecule has 1 aromatic carbocycles. The second-order valence-electron chi connectivity index (χ2n) is 16.2. The summed E-state index contributed by atoms with van der Waals surface area (Å²) in [5.74, 6) is 6.21. The number of rotatable bonds is 2. The van der Waals surface area contributed by atoms with Crippen LogP contribution in [-0.4, -0.2) is 37.9 Å². The van der Waals surface area contributed by atoms with Gasteiger partial charge in [-0.15, -0.1) is 11.8 Å². The van der Waals surface area contributed by atoms with Crippen molar-refractivity contribution in [3.63, 3.8) is 0 Å². The summed E-state index contributed by atoms with van der Waals surface area (Å²) in [5, 5.41) is 2.41. The highest BCUT2D eigenvalue weighted by Gasteiger charge is 2.69. The number of ether oxygens (including phenoxy) is 3. The standard InChI is InChI=1S/C27H44O2.C11H15NO2S/c1-17-10-14-27(28-16-17)18(2)24-23(29-27)15-22-20-9-8-19-7-5-6-12-25(19,3)21(20)11-13-26(22,24)4;1-7-5-9(14-11(13)12-3)6-8(2)10(7)15-4/h17-24H,5-16H2,1-4H3;5-6H,1-4H3,(H,12,13)/t17-,18-,19?,20+,21-,22-,23-,24-,25-,26-,27+;/m0./s1. The number of amides is 1. The van der Waals surface area contributed by atoms with Crippen molar-refractivity contribution in [1.29, 1.82) is 0 Å². The van der Waals surface area contributed by atoms with Crippen molar-refractivity contribution in [2.75, 3.05) is 19.9 Å². The smallest absolute Gasteiger partial charge is 0.410 e. The molecule has 7 rings (SSSR count). The number of aryl methyl sites for hydroxylation is 2. The molecule has 1 amide bonds. The molecule has 1 N–H and O–H groups in total. The van der Waals surface area contributed by atoms with Crippen molar-refractivity contribution in [2.45, 2.75) is 129 Å². The van der Waals surface area contributed by atoms with Gasteiger partial charge in [0.05, 0.1) is 12.7 Å². The Balaban J connectivity index is 0.000000195. The van der Waals surface area contributed by atoms with Crippen molar-refractivity contribution in [3.05, 3.63) is 23.3 Å². The zero-order valence-corrected chi connectivity index (χ0v) is 29.6. The molecule has 2 aliphatic heterocycles. The minimum absolute atomic E-state index is 0.250. The lowest BCUT2D eigenvalue weighted by Gasteiger charge is -2.61. The quantitative estimate of drug-likeness (QED) is 0.332. The Hall–Kier alpha value is -1.24. The van der Waals surface area contributed by atoms with Gasteiger partial charge in [0.25, 0.3) is 0 Å². The van der Waals surface area contributed by atoms with Crippen molar-refractivity contribution in [2.24, 2.45) is 52.3 Å². The summed E-state index contributed by atoms with van der Waals surface area (Å²) in [6, 6.07) is 3.74. The fourth-order valence-corrected chi connectivity index (χ4v) is 12.5. The number of benzene rings is 1. The fraction of sp³-hybridized carbons (Fsp3) is 0.816. The second-order valence-corrected chi connectivity index (χ2v) is 17.0. The van der Waals surface area contributed by atoms with Crippen LogP contribution < -0.4 is 10.1 Å². The lowest BCUT2D eigenvalue weighted by atomic mass is 9.44. The molecule has 2 saturated heterocycles. The highest BCUT2D eigenvalue weighted by Crippen LogP contribution is 2.71. The number of carbonyl (C=O) groups excluding carboxylic acids is 1. The topological polar surface area (TPSA) is 56.8 Å². The molecule has 5 nitrogen and oxygen atoms in total. The van der Waals surface area contributed by atoms with Gasteiger partial charge in [-0.2, -0.15) is 0 Å². The van der Waals surface area contributed by atoms with Crippen LogP contribution >= 0.6 is 11.8 Å². The molecule has 4 saturated carbocycles. The van der Waals surface area contributed by atoms with Gasteiger partial charge in [0.1, 0.15) is 5.75 Å². The normalized spacial score (nSPS) is 44.0. The van der Waals surface area contributed by atoms with E-state index in [0.717, 1.165) is 53.7 Å². The lowest BCUT2D eigenvalue weighted by molar-refractivity contribution is -0.273. The highest BCUT2D eigenvalue weighted by atomic mass is 32.2. The third-order valence-corrected chi connectivity index (χ3v) is 15.0. The summed E-state index contributed by atoms with van der Waals surface area (Å²) in [6.07, 6.45) is 17.8. The molecule has 4 aliphatic carbocycles. The summed E-state index contributed by atoms with van der Waals surface area (Å²) in [6.45, 7) is 15.1. The van der Waals surface area contributed by atoms with E-state index in [-0.39, 0.29) is 5.79 Å². The fourth-order valence-electron chi connectivity index (χ4n) is 11.8. The SMILES string of the molecule is CNC(=O)Oc1cc(C)c(SC)c(C)c1.C[C@H]1CC[C@@]2(OC1)O[C@H]1C[C@H]3[C@@H]4CCC5CCCC[C@]5(C)[C@H]4CC[C@]3(C)[C@H]1[C@@H]2C. The molecule has 1 aromatic rings. The summed E-state index contributed by atoms with van der Waals surface area (Å²) in [7, 11) is 1.54. The first-order valence-electron chi connectivity index (χ1n) is 17.8. The maximum absolute atomic E-state index is 11.0. The first-order chi connectivity index (χ1) is 21.0. The Labute approximate surface area is 271 Å². The van der Waals surface area contributed by atoms with E-state index in [1.807, 2.05) is 32.2 Å². The van der Waals surface area contributed by atoms with Crippen molar-refractivity contribution < 1.29 is 19.0 Å². The number of nitrogens with one attached hydrogen (secondary N) is 1. The summed E-state index contributed by atoms with van der Waals surface area (Å²) >= 11 is 1.70. The van der Waals surface area contributed by atoms with Crippen LogP contribution in [0, 0.1) is 66.1 Å². The maximum atomic E-state index is 11.0. The first kappa shape index (κ1) is 32.7. The lowest BCUT2D eigenvalue weighted by Crippen LogP contribution is -2.54. The highest BCUT2D eigenvalue weighted by molar-refractivity contribution is 7.98. The van der Waals surface area contributed by atoms with E-state index in [9.17, 15) is 4.79 Å². The molecule has 6 fully saturated rings. The zero-order valence-electron chi connectivity index (χ0n) is 28.8. The van der Waals surface area contributed by atoms with Gasteiger partial charge in [0.15, 0.2) is 5.79 Å². The Morgan fingerprint density at radius 2 is 1.70 bits per heavy atom. The number of hydrogen-bond donors (Lipinski definition) is 1.